The second-order valence-electron chi connectivity index (χ2n) is 4.06. The summed E-state index contributed by atoms with van der Waals surface area (Å²) >= 11 is 11.7. The van der Waals surface area contributed by atoms with Crippen LogP contribution in [0.2, 0.25) is 10.0 Å². The van der Waals surface area contributed by atoms with Crippen molar-refractivity contribution in [2.24, 2.45) is 0 Å². The summed E-state index contributed by atoms with van der Waals surface area (Å²) in [5.41, 5.74) is 0.802. The van der Waals surface area contributed by atoms with E-state index in [9.17, 15) is 4.79 Å². The molecule has 0 aliphatic rings. The van der Waals surface area contributed by atoms with Crippen LogP contribution in [0.5, 0.6) is 5.75 Å². The third-order valence-corrected chi connectivity index (χ3v) is 2.99. The van der Waals surface area contributed by atoms with Gasteiger partial charge in [-0.3, -0.25) is 4.79 Å². The van der Waals surface area contributed by atoms with E-state index in [1.165, 1.54) is 12.1 Å². The first-order valence-corrected chi connectivity index (χ1v) is 6.72. The molecule has 0 aliphatic carbocycles. The van der Waals surface area contributed by atoms with Gasteiger partial charge >= 0.3 is 0 Å². The highest BCUT2D eigenvalue weighted by Crippen LogP contribution is 2.25. The van der Waals surface area contributed by atoms with Gasteiger partial charge in [0.15, 0.2) is 6.61 Å². The molecule has 0 saturated carbocycles. The lowest BCUT2D eigenvalue weighted by molar-refractivity contribution is 0.102. The van der Waals surface area contributed by atoms with E-state index in [1.54, 1.807) is 30.3 Å². The third-order valence-electron chi connectivity index (χ3n) is 2.55. The lowest BCUT2D eigenvalue weighted by Crippen LogP contribution is -2.13. The molecule has 0 fully saturated rings. The molecule has 6 heteroatoms. The first-order valence-electron chi connectivity index (χ1n) is 5.96. The molecule has 106 valence electrons. The van der Waals surface area contributed by atoms with E-state index in [1.807, 2.05) is 6.07 Å². The van der Waals surface area contributed by atoms with Crippen LogP contribution in [0, 0.1) is 11.3 Å². The summed E-state index contributed by atoms with van der Waals surface area (Å²) in [6.45, 7) is -0.101. The average Bonchev–Trinajstić information content (AvgIpc) is 2.45. The predicted octanol–water partition coefficient (Wildman–Crippen LogP) is 4.15. The Morgan fingerprint density at radius 1 is 1.19 bits per heavy atom. The predicted molar refractivity (Wildman–Crippen MR) is 82.0 cm³/mol. The molecular formula is C15H10Cl2N2O2. The minimum Gasteiger partial charge on any atom is -0.477 e. The van der Waals surface area contributed by atoms with Gasteiger partial charge in [0.2, 0.25) is 0 Å². The number of para-hydroxylation sites is 2. The number of nitriles is 1. The molecule has 2 rings (SSSR count). The molecule has 0 aromatic heterocycles. The van der Waals surface area contributed by atoms with Gasteiger partial charge in [-0.15, -0.1) is 0 Å². The van der Waals surface area contributed by atoms with Gasteiger partial charge < -0.3 is 10.1 Å². The molecule has 0 radical (unpaired) electrons. The lowest BCUT2D eigenvalue weighted by atomic mass is 10.2. The maximum atomic E-state index is 12.2. The van der Waals surface area contributed by atoms with Crippen molar-refractivity contribution in [2.45, 2.75) is 0 Å². The molecule has 1 N–H and O–H groups in total. The van der Waals surface area contributed by atoms with Crippen molar-refractivity contribution < 1.29 is 9.53 Å². The fourth-order valence-electron chi connectivity index (χ4n) is 1.69. The van der Waals surface area contributed by atoms with E-state index in [0.717, 1.165) is 0 Å². The van der Waals surface area contributed by atoms with Gasteiger partial charge in [0.05, 0.1) is 5.69 Å². The zero-order chi connectivity index (χ0) is 15.2. The summed E-state index contributed by atoms with van der Waals surface area (Å²) in [5.74, 6) is 0.0490. The number of anilines is 1. The molecule has 0 bridgehead atoms. The molecule has 0 unspecified atom stereocenters. The number of hydrogen-bond acceptors (Lipinski definition) is 3. The number of nitrogens with zero attached hydrogens (tertiary/aromatic N) is 1. The zero-order valence-electron chi connectivity index (χ0n) is 10.8. The van der Waals surface area contributed by atoms with E-state index < -0.39 is 0 Å². The second-order valence-corrected chi connectivity index (χ2v) is 4.93. The standard InChI is InChI=1S/C15H10Cl2N2O2/c16-11-7-10(8-12(17)9-11)15(20)19-13-3-1-2-4-14(13)21-6-5-18/h1-4,7-9H,6H2,(H,19,20). The Labute approximate surface area is 131 Å². The summed E-state index contributed by atoms with van der Waals surface area (Å²) < 4.78 is 5.24. The number of nitrogens with one attached hydrogen (secondary N) is 1. The second kappa shape index (κ2) is 6.98. The van der Waals surface area contributed by atoms with Crippen LogP contribution in [0.3, 0.4) is 0 Å². The highest BCUT2D eigenvalue weighted by atomic mass is 35.5. The Morgan fingerprint density at radius 3 is 2.52 bits per heavy atom. The number of hydrogen-bond donors (Lipinski definition) is 1. The van der Waals surface area contributed by atoms with Crippen molar-refractivity contribution in [1.29, 1.82) is 5.26 Å². The van der Waals surface area contributed by atoms with Crippen LogP contribution in [0.15, 0.2) is 42.5 Å². The van der Waals surface area contributed by atoms with Gasteiger partial charge in [-0.1, -0.05) is 35.3 Å². The first-order chi connectivity index (χ1) is 10.1. The molecular weight excluding hydrogens is 311 g/mol. The Kier molecular flexibility index (Phi) is 5.04. The number of halogens is 2. The van der Waals surface area contributed by atoms with Gasteiger partial charge in [0.25, 0.3) is 5.91 Å². The van der Waals surface area contributed by atoms with Crippen LogP contribution in [0.1, 0.15) is 10.4 Å². The maximum absolute atomic E-state index is 12.2. The smallest absolute Gasteiger partial charge is 0.255 e. The molecule has 2 aromatic rings. The van der Waals surface area contributed by atoms with E-state index in [4.69, 9.17) is 33.2 Å². The Bertz CT molecular complexity index is 691. The van der Waals surface area contributed by atoms with Gasteiger partial charge in [0.1, 0.15) is 11.8 Å². The minimum atomic E-state index is -0.368. The molecule has 4 nitrogen and oxygen atoms in total. The van der Waals surface area contributed by atoms with Crippen LogP contribution in [0.25, 0.3) is 0 Å². The number of amides is 1. The molecule has 0 aliphatic heterocycles. The molecule has 0 atom stereocenters. The van der Waals surface area contributed by atoms with Crippen molar-refractivity contribution in [3.05, 3.63) is 58.1 Å². The SMILES string of the molecule is N#CCOc1ccccc1NC(=O)c1cc(Cl)cc(Cl)c1. The molecule has 0 saturated heterocycles. The quantitative estimate of drug-likeness (QED) is 0.920. The number of ether oxygens (including phenoxy) is 1. The highest BCUT2D eigenvalue weighted by Gasteiger charge is 2.11. The van der Waals surface area contributed by atoms with E-state index in [2.05, 4.69) is 5.32 Å². The van der Waals surface area contributed by atoms with Crippen LogP contribution in [-0.2, 0) is 0 Å². The van der Waals surface area contributed by atoms with E-state index in [0.29, 0.717) is 27.0 Å². The summed E-state index contributed by atoms with van der Waals surface area (Å²) in [7, 11) is 0. The highest BCUT2D eigenvalue weighted by molar-refractivity contribution is 6.35. The molecule has 1 amide bonds. The van der Waals surface area contributed by atoms with Crippen molar-refractivity contribution in [2.75, 3.05) is 11.9 Å². The molecule has 2 aromatic carbocycles. The maximum Gasteiger partial charge on any atom is 0.255 e. The number of carbonyl (C=O) groups is 1. The Morgan fingerprint density at radius 2 is 1.86 bits per heavy atom. The molecule has 0 heterocycles. The zero-order valence-corrected chi connectivity index (χ0v) is 12.3. The topological polar surface area (TPSA) is 62.1 Å². The van der Waals surface area contributed by atoms with Crippen molar-refractivity contribution in [3.8, 4) is 11.8 Å². The minimum absolute atomic E-state index is 0.101. The fraction of sp³-hybridized carbons (Fsp3) is 0.0667. The van der Waals surface area contributed by atoms with Crippen molar-refractivity contribution >= 4 is 34.8 Å². The summed E-state index contributed by atoms with van der Waals surface area (Å²) in [6, 6.07) is 13.3. The van der Waals surface area contributed by atoms with Crippen LogP contribution in [0.4, 0.5) is 5.69 Å². The van der Waals surface area contributed by atoms with Crippen LogP contribution in [-0.4, -0.2) is 12.5 Å². The van der Waals surface area contributed by atoms with Crippen LogP contribution >= 0.6 is 23.2 Å². The van der Waals surface area contributed by atoms with Crippen molar-refractivity contribution in [3.63, 3.8) is 0 Å². The van der Waals surface area contributed by atoms with E-state index in [-0.39, 0.29) is 12.5 Å². The Balaban J connectivity index is 2.21. The number of rotatable bonds is 4. The molecule has 21 heavy (non-hydrogen) atoms. The third kappa shape index (κ3) is 4.12. The van der Waals surface area contributed by atoms with Crippen molar-refractivity contribution in [1.82, 2.24) is 0 Å². The summed E-state index contributed by atoms with van der Waals surface area (Å²) in [5, 5.41) is 12.0. The Hall–Kier alpha value is -2.22. The van der Waals surface area contributed by atoms with Crippen LogP contribution < -0.4 is 10.1 Å². The summed E-state index contributed by atoms with van der Waals surface area (Å²) in [6.07, 6.45) is 0. The van der Waals surface area contributed by atoms with Gasteiger partial charge in [-0.2, -0.15) is 5.26 Å². The number of benzene rings is 2. The largest absolute Gasteiger partial charge is 0.477 e. The number of carbonyl (C=O) groups excluding carboxylic acids is 1. The molecule has 0 spiro atoms. The van der Waals surface area contributed by atoms with E-state index >= 15 is 0 Å². The average molecular weight is 321 g/mol. The normalized spacial score (nSPS) is 9.76. The lowest BCUT2D eigenvalue weighted by Gasteiger charge is -2.11. The van der Waals surface area contributed by atoms with Gasteiger partial charge in [0, 0.05) is 15.6 Å². The fourth-order valence-corrected chi connectivity index (χ4v) is 2.21. The van der Waals surface area contributed by atoms with Gasteiger partial charge in [-0.05, 0) is 30.3 Å². The van der Waals surface area contributed by atoms with Gasteiger partial charge in [-0.25, -0.2) is 0 Å². The summed E-state index contributed by atoms with van der Waals surface area (Å²) in [4.78, 5) is 12.2. The first kappa shape index (κ1) is 15.2. The monoisotopic (exact) mass is 320 g/mol.